The number of methoxy groups -OCH3 is 1. The molecular weight excluding hydrogens is 328 g/mol. The molecule has 0 bridgehead atoms. The Balaban J connectivity index is 1.69. The fraction of sp³-hybridized carbons (Fsp3) is 0.111. The summed E-state index contributed by atoms with van der Waals surface area (Å²) in [6.45, 7) is 0. The van der Waals surface area contributed by atoms with Gasteiger partial charge in [0.2, 0.25) is 5.91 Å². The van der Waals surface area contributed by atoms with Crippen molar-refractivity contribution in [2.24, 2.45) is 0 Å². The summed E-state index contributed by atoms with van der Waals surface area (Å²) in [6, 6.07) is 12.1. The summed E-state index contributed by atoms with van der Waals surface area (Å²) in [7, 11) is 1.33. The molecular formula is C18H15ClN2O3. The van der Waals surface area contributed by atoms with Crippen molar-refractivity contribution < 1.29 is 14.3 Å². The van der Waals surface area contributed by atoms with Crippen molar-refractivity contribution in [2.75, 3.05) is 12.4 Å². The lowest BCUT2D eigenvalue weighted by molar-refractivity contribution is -0.115. The van der Waals surface area contributed by atoms with Gasteiger partial charge in [-0.1, -0.05) is 17.7 Å². The van der Waals surface area contributed by atoms with E-state index in [0.29, 0.717) is 16.3 Å². The smallest absolute Gasteiger partial charge is 0.337 e. The normalized spacial score (nSPS) is 10.6. The average molecular weight is 343 g/mol. The number of carbonyl (C=O) groups is 2. The molecule has 3 rings (SSSR count). The van der Waals surface area contributed by atoms with Crippen molar-refractivity contribution in [3.63, 3.8) is 0 Å². The molecule has 122 valence electrons. The van der Waals surface area contributed by atoms with Crippen LogP contribution in [0.3, 0.4) is 0 Å². The summed E-state index contributed by atoms with van der Waals surface area (Å²) in [5, 5.41) is 4.42. The van der Waals surface area contributed by atoms with Gasteiger partial charge in [-0.25, -0.2) is 4.79 Å². The number of H-pyrrole nitrogens is 1. The average Bonchev–Trinajstić information content (AvgIpc) is 2.96. The lowest BCUT2D eigenvalue weighted by Crippen LogP contribution is -2.14. The van der Waals surface area contributed by atoms with Crippen LogP contribution in [0.25, 0.3) is 10.9 Å². The van der Waals surface area contributed by atoms with E-state index in [4.69, 9.17) is 11.6 Å². The first-order valence-electron chi connectivity index (χ1n) is 7.30. The van der Waals surface area contributed by atoms with Gasteiger partial charge in [0.25, 0.3) is 0 Å². The van der Waals surface area contributed by atoms with E-state index in [1.807, 2.05) is 12.1 Å². The highest BCUT2D eigenvalue weighted by Gasteiger charge is 2.10. The third-order valence-corrected chi connectivity index (χ3v) is 3.91. The molecule has 0 aliphatic heterocycles. The number of nitrogens with one attached hydrogen (secondary N) is 2. The third-order valence-electron chi connectivity index (χ3n) is 3.67. The Morgan fingerprint density at radius 3 is 2.62 bits per heavy atom. The van der Waals surface area contributed by atoms with Crippen LogP contribution in [0.4, 0.5) is 5.69 Å². The monoisotopic (exact) mass is 342 g/mol. The zero-order valence-corrected chi connectivity index (χ0v) is 13.7. The summed E-state index contributed by atoms with van der Waals surface area (Å²) < 4.78 is 4.64. The summed E-state index contributed by atoms with van der Waals surface area (Å²) in [5.74, 6) is -0.554. The predicted octanol–water partition coefficient (Wildman–Crippen LogP) is 3.79. The Morgan fingerprint density at radius 2 is 1.92 bits per heavy atom. The molecule has 0 saturated carbocycles. The lowest BCUT2D eigenvalue weighted by Gasteiger charge is -2.06. The van der Waals surface area contributed by atoms with E-state index in [1.54, 1.807) is 36.5 Å². The van der Waals surface area contributed by atoms with Crippen LogP contribution >= 0.6 is 11.6 Å². The van der Waals surface area contributed by atoms with Gasteiger partial charge in [0.05, 0.1) is 19.1 Å². The van der Waals surface area contributed by atoms with Crippen molar-refractivity contribution >= 4 is 40.1 Å². The Kier molecular flexibility index (Phi) is 4.53. The number of rotatable bonds is 4. The van der Waals surface area contributed by atoms with Crippen molar-refractivity contribution in [1.82, 2.24) is 4.98 Å². The standard InChI is InChI=1S/C18H15ClN2O3/c1-24-18(23)11-2-5-14(6-3-11)21-17(22)8-12-10-20-16-9-13(19)4-7-15(12)16/h2-7,9-10,20H,8H2,1H3,(H,21,22). The van der Waals surface area contributed by atoms with Gasteiger partial charge in [-0.3, -0.25) is 4.79 Å². The van der Waals surface area contributed by atoms with E-state index in [1.165, 1.54) is 7.11 Å². The number of halogens is 1. The van der Waals surface area contributed by atoms with Gasteiger partial charge in [0.15, 0.2) is 0 Å². The van der Waals surface area contributed by atoms with Gasteiger partial charge in [0, 0.05) is 27.8 Å². The lowest BCUT2D eigenvalue weighted by atomic mass is 10.1. The molecule has 2 N–H and O–H groups in total. The van der Waals surface area contributed by atoms with Crippen LogP contribution in [-0.4, -0.2) is 24.0 Å². The van der Waals surface area contributed by atoms with E-state index in [2.05, 4.69) is 15.0 Å². The molecule has 5 nitrogen and oxygen atoms in total. The van der Waals surface area contributed by atoms with Gasteiger partial charge < -0.3 is 15.0 Å². The number of esters is 1. The fourth-order valence-electron chi connectivity index (χ4n) is 2.49. The Labute approximate surface area is 143 Å². The first-order chi connectivity index (χ1) is 11.6. The number of hydrogen-bond donors (Lipinski definition) is 2. The first-order valence-corrected chi connectivity index (χ1v) is 7.68. The SMILES string of the molecule is COC(=O)c1ccc(NC(=O)Cc2c[nH]c3cc(Cl)ccc23)cc1. The number of hydrogen-bond acceptors (Lipinski definition) is 3. The number of fused-ring (bicyclic) bond motifs is 1. The minimum absolute atomic E-state index is 0.142. The van der Waals surface area contributed by atoms with Crippen molar-refractivity contribution in [3.8, 4) is 0 Å². The second kappa shape index (κ2) is 6.76. The molecule has 0 aliphatic rings. The zero-order chi connectivity index (χ0) is 17.1. The molecule has 0 saturated heterocycles. The highest BCUT2D eigenvalue weighted by Crippen LogP contribution is 2.22. The third kappa shape index (κ3) is 3.41. The number of benzene rings is 2. The molecule has 1 amide bonds. The number of amides is 1. The van der Waals surface area contributed by atoms with Crippen LogP contribution in [0, 0.1) is 0 Å². The van der Waals surface area contributed by atoms with Crippen molar-refractivity contribution in [1.29, 1.82) is 0 Å². The molecule has 24 heavy (non-hydrogen) atoms. The maximum atomic E-state index is 12.2. The second-order valence-electron chi connectivity index (χ2n) is 5.30. The van der Waals surface area contributed by atoms with Crippen molar-refractivity contribution in [2.45, 2.75) is 6.42 Å². The number of aromatic nitrogens is 1. The van der Waals surface area contributed by atoms with Gasteiger partial charge in [-0.05, 0) is 42.0 Å². The van der Waals surface area contributed by atoms with E-state index in [9.17, 15) is 9.59 Å². The van der Waals surface area contributed by atoms with Crippen LogP contribution in [0.2, 0.25) is 5.02 Å². The van der Waals surface area contributed by atoms with Crippen LogP contribution in [0.5, 0.6) is 0 Å². The summed E-state index contributed by atoms with van der Waals surface area (Å²) in [4.78, 5) is 26.7. The molecule has 0 aliphatic carbocycles. The van der Waals surface area contributed by atoms with E-state index in [-0.39, 0.29) is 12.3 Å². The molecule has 0 spiro atoms. The summed E-state index contributed by atoms with van der Waals surface area (Å²) in [6.07, 6.45) is 2.04. The Bertz CT molecular complexity index is 900. The summed E-state index contributed by atoms with van der Waals surface area (Å²) in [5.41, 5.74) is 2.85. The predicted molar refractivity (Wildman–Crippen MR) is 93.4 cm³/mol. The highest BCUT2D eigenvalue weighted by molar-refractivity contribution is 6.31. The van der Waals surface area contributed by atoms with Gasteiger partial charge in [0.1, 0.15) is 0 Å². The zero-order valence-electron chi connectivity index (χ0n) is 12.9. The van der Waals surface area contributed by atoms with E-state index >= 15 is 0 Å². The van der Waals surface area contributed by atoms with Gasteiger partial charge in [-0.2, -0.15) is 0 Å². The maximum Gasteiger partial charge on any atom is 0.337 e. The van der Waals surface area contributed by atoms with Crippen LogP contribution < -0.4 is 5.32 Å². The topological polar surface area (TPSA) is 71.2 Å². The van der Waals surface area contributed by atoms with Gasteiger partial charge in [-0.15, -0.1) is 0 Å². The fourth-order valence-corrected chi connectivity index (χ4v) is 2.66. The van der Waals surface area contributed by atoms with Crippen molar-refractivity contribution in [3.05, 3.63) is 64.8 Å². The first kappa shape index (κ1) is 16.1. The number of aromatic amines is 1. The quantitative estimate of drug-likeness (QED) is 0.709. The molecule has 3 aromatic rings. The maximum absolute atomic E-state index is 12.2. The second-order valence-corrected chi connectivity index (χ2v) is 5.73. The minimum atomic E-state index is -0.412. The molecule has 1 aromatic heterocycles. The van der Waals surface area contributed by atoms with E-state index < -0.39 is 5.97 Å². The number of carbonyl (C=O) groups excluding carboxylic acids is 2. The van der Waals surface area contributed by atoms with Gasteiger partial charge >= 0.3 is 5.97 Å². The van der Waals surface area contributed by atoms with Crippen LogP contribution in [0.15, 0.2) is 48.7 Å². The molecule has 0 radical (unpaired) electrons. The van der Waals surface area contributed by atoms with Crippen LogP contribution in [-0.2, 0) is 16.0 Å². The number of anilines is 1. The highest BCUT2D eigenvalue weighted by atomic mass is 35.5. The Morgan fingerprint density at radius 1 is 1.17 bits per heavy atom. The molecule has 0 unspecified atom stereocenters. The molecule has 6 heteroatoms. The Hall–Kier alpha value is -2.79. The number of ether oxygens (including phenoxy) is 1. The summed E-state index contributed by atoms with van der Waals surface area (Å²) >= 11 is 5.95. The minimum Gasteiger partial charge on any atom is -0.465 e. The van der Waals surface area contributed by atoms with Crippen LogP contribution in [0.1, 0.15) is 15.9 Å². The molecule has 1 heterocycles. The van der Waals surface area contributed by atoms with E-state index in [0.717, 1.165) is 16.5 Å². The molecule has 2 aromatic carbocycles. The largest absolute Gasteiger partial charge is 0.465 e. The molecule has 0 fully saturated rings. The molecule has 0 atom stereocenters.